The second kappa shape index (κ2) is 7.18. The summed E-state index contributed by atoms with van der Waals surface area (Å²) in [4.78, 5) is 44.3. The van der Waals surface area contributed by atoms with Gasteiger partial charge in [0.05, 0.1) is 18.8 Å². The Morgan fingerprint density at radius 3 is 2.58 bits per heavy atom. The third-order valence-electron chi connectivity index (χ3n) is 3.92. The molecule has 7 nitrogen and oxygen atoms in total. The van der Waals surface area contributed by atoms with Crippen LogP contribution in [0.4, 0.5) is 0 Å². The van der Waals surface area contributed by atoms with Crippen LogP contribution in [0, 0.1) is 6.92 Å². The number of ether oxygens (including phenoxy) is 1. The molecule has 26 heavy (non-hydrogen) atoms. The van der Waals surface area contributed by atoms with Gasteiger partial charge in [-0.3, -0.25) is 14.6 Å². The van der Waals surface area contributed by atoms with Gasteiger partial charge in [0.25, 0.3) is 5.91 Å². The highest BCUT2D eigenvalue weighted by Crippen LogP contribution is 2.15. The molecule has 132 valence electrons. The lowest BCUT2D eigenvalue weighted by Gasteiger charge is -2.15. The Bertz CT molecular complexity index is 979. The molecule has 1 unspecified atom stereocenters. The number of hydrogen-bond donors (Lipinski definition) is 2. The Morgan fingerprint density at radius 1 is 1.15 bits per heavy atom. The first-order valence-electron chi connectivity index (χ1n) is 7.93. The molecule has 0 saturated heterocycles. The minimum Gasteiger partial charge on any atom is -0.467 e. The van der Waals surface area contributed by atoms with Crippen molar-refractivity contribution in [3.63, 3.8) is 0 Å². The number of H-pyrrole nitrogens is 1. The molecule has 1 aromatic carbocycles. The van der Waals surface area contributed by atoms with Crippen LogP contribution in [-0.4, -0.2) is 40.8 Å². The standard InChI is InChI=1S/C19H17N3O4/c1-11-8-13-9-14(21-15(13)10-20-11)18(24)22-16(19(25)26-2)17(23)12-6-4-3-5-7-12/h3-10,16,21H,1-2H3,(H,22,24). The molecule has 0 radical (unpaired) electrons. The van der Waals surface area contributed by atoms with Gasteiger partial charge in [-0.2, -0.15) is 0 Å². The normalized spacial score (nSPS) is 11.8. The van der Waals surface area contributed by atoms with Gasteiger partial charge >= 0.3 is 5.97 Å². The van der Waals surface area contributed by atoms with Gasteiger partial charge in [-0.05, 0) is 19.1 Å². The number of nitrogens with zero attached hydrogens (tertiary/aromatic N) is 1. The third-order valence-corrected chi connectivity index (χ3v) is 3.92. The maximum atomic E-state index is 12.6. The van der Waals surface area contributed by atoms with Crippen LogP contribution in [0.15, 0.2) is 48.7 Å². The van der Waals surface area contributed by atoms with Gasteiger partial charge in [0.1, 0.15) is 5.69 Å². The Morgan fingerprint density at radius 2 is 1.88 bits per heavy atom. The number of benzene rings is 1. The van der Waals surface area contributed by atoms with Crippen molar-refractivity contribution >= 4 is 28.6 Å². The minimum atomic E-state index is -1.43. The van der Waals surface area contributed by atoms with Crippen molar-refractivity contribution in [1.29, 1.82) is 0 Å². The summed E-state index contributed by atoms with van der Waals surface area (Å²) in [5, 5.41) is 3.25. The quantitative estimate of drug-likeness (QED) is 0.416. The molecule has 7 heteroatoms. The molecule has 3 rings (SSSR count). The highest BCUT2D eigenvalue weighted by Gasteiger charge is 2.30. The van der Waals surface area contributed by atoms with Crippen LogP contribution in [0.3, 0.4) is 0 Å². The van der Waals surface area contributed by atoms with Gasteiger partial charge in [0, 0.05) is 16.6 Å². The van der Waals surface area contributed by atoms with Gasteiger partial charge in [-0.15, -0.1) is 0 Å². The van der Waals surface area contributed by atoms with Crippen LogP contribution in [-0.2, 0) is 9.53 Å². The first-order valence-corrected chi connectivity index (χ1v) is 7.93. The van der Waals surface area contributed by atoms with Crippen LogP contribution in [0.5, 0.6) is 0 Å². The van der Waals surface area contributed by atoms with Crippen LogP contribution in [0.2, 0.25) is 0 Å². The van der Waals surface area contributed by atoms with E-state index < -0.39 is 23.7 Å². The summed E-state index contributed by atoms with van der Waals surface area (Å²) in [6.07, 6.45) is 1.62. The van der Waals surface area contributed by atoms with Gasteiger partial charge in [0.15, 0.2) is 11.8 Å². The number of fused-ring (bicyclic) bond motifs is 1. The van der Waals surface area contributed by atoms with Crippen LogP contribution in [0.1, 0.15) is 26.5 Å². The fraction of sp³-hybridized carbons (Fsp3) is 0.158. The first-order chi connectivity index (χ1) is 12.5. The van der Waals surface area contributed by atoms with E-state index in [1.165, 1.54) is 0 Å². The molecule has 1 atom stereocenters. The second-order valence-electron chi connectivity index (χ2n) is 5.76. The number of esters is 1. The summed E-state index contributed by atoms with van der Waals surface area (Å²) in [5.41, 5.74) is 2.03. The molecule has 2 aromatic heterocycles. The number of carbonyl (C=O) groups excluding carboxylic acids is 3. The minimum absolute atomic E-state index is 0.224. The van der Waals surface area contributed by atoms with Crippen LogP contribution in [0.25, 0.3) is 10.9 Å². The monoisotopic (exact) mass is 351 g/mol. The molecule has 0 fully saturated rings. The van der Waals surface area contributed by atoms with E-state index in [0.717, 1.165) is 18.2 Å². The summed E-state index contributed by atoms with van der Waals surface area (Å²) >= 11 is 0. The number of Topliss-reactive ketones (excluding diaryl/α,β-unsaturated/α-hetero) is 1. The van der Waals surface area contributed by atoms with Gasteiger partial charge < -0.3 is 15.0 Å². The number of aryl methyl sites for hydroxylation is 1. The number of pyridine rings is 1. The maximum absolute atomic E-state index is 12.6. The summed E-state index contributed by atoms with van der Waals surface area (Å²) in [6, 6.07) is 10.3. The number of ketones is 1. The number of hydrogen-bond acceptors (Lipinski definition) is 5. The van der Waals surface area contributed by atoms with E-state index in [9.17, 15) is 14.4 Å². The van der Waals surface area contributed by atoms with Crippen molar-refractivity contribution < 1.29 is 19.1 Å². The van der Waals surface area contributed by atoms with Crippen molar-refractivity contribution in [1.82, 2.24) is 15.3 Å². The second-order valence-corrected chi connectivity index (χ2v) is 5.76. The van der Waals surface area contributed by atoms with E-state index in [2.05, 4.69) is 20.0 Å². The molecule has 0 spiro atoms. The van der Waals surface area contributed by atoms with Crippen LogP contribution < -0.4 is 5.32 Å². The summed E-state index contributed by atoms with van der Waals surface area (Å²) in [6.45, 7) is 1.85. The Kier molecular flexibility index (Phi) is 4.79. The number of aromatic nitrogens is 2. The number of methoxy groups -OCH3 is 1. The zero-order valence-electron chi connectivity index (χ0n) is 14.3. The number of amides is 1. The van der Waals surface area contributed by atoms with E-state index in [-0.39, 0.29) is 5.69 Å². The van der Waals surface area contributed by atoms with E-state index in [1.807, 2.05) is 13.0 Å². The zero-order valence-corrected chi connectivity index (χ0v) is 14.3. The molecule has 0 saturated carbocycles. The smallest absolute Gasteiger partial charge is 0.336 e. The Hall–Kier alpha value is -3.48. The molecule has 2 heterocycles. The molecule has 0 aliphatic carbocycles. The molecular weight excluding hydrogens is 334 g/mol. The lowest BCUT2D eigenvalue weighted by molar-refractivity contribution is -0.141. The molecular formula is C19H17N3O4. The summed E-state index contributed by atoms with van der Waals surface area (Å²) in [5.74, 6) is -1.96. The number of nitrogens with one attached hydrogen (secondary N) is 2. The zero-order chi connectivity index (χ0) is 18.7. The fourth-order valence-corrected chi connectivity index (χ4v) is 2.59. The predicted octanol–water partition coefficient (Wildman–Crippen LogP) is 2.03. The summed E-state index contributed by atoms with van der Waals surface area (Å²) < 4.78 is 4.67. The topological polar surface area (TPSA) is 101 Å². The van der Waals surface area contributed by atoms with E-state index >= 15 is 0 Å². The molecule has 2 N–H and O–H groups in total. The van der Waals surface area contributed by atoms with E-state index in [0.29, 0.717) is 11.1 Å². The predicted molar refractivity (Wildman–Crippen MR) is 94.9 cm³/mol. The van der Waals surface area contributed by atoms with Gasteiger partial charge in [0.2, 0.25) is 0 Å². The van der Waals surface area contributed by atoms with Crippen molar-refractivity contribution in [2.45, 2.75) is 13.0 Å². The maximum Gasteiger partial charge on any atom is 0.336 e. The number of carbonyl (C=O) groups is 3. The number of aromatic amines is 1. The SMILES string of the molecule is COC(=O)C(NC(=O)c1cc2cc(C)ncc2[nH]1)C(=O)c1ccccc1. The van der Waals surface area contributed by atoms with E-state index in [4.69, 9.17) is 0 Å². The average molecular weight is 351 g/mol. The lowest BCUT2D eigenvalue weighted by atomic mass is 10.0. The van der Waals surface area contributed by atoms with Crippen molar-refractivity contribution in [2.75, 3.05) is 7.11 Å². The Labute approximate surface area is 149 Å². The molecule has 0 aliphatic heterocycles. The molecule has 1 amide bonds. The molecule has 3 aromatic rings. The lowest BCUT2D eigenvalue weighted by Crippen LogP contribution is -2.47. The van der Waals surface area contributed by atoms with Crippen molar-refractivity contribution in [3.05, 3.63) is 65.6 Å². The van der Waals surface area contributed by atoms with Crippen molar-refractivity contribution in [2.24, 2.45) is 0 Å². The van der Waals surface area contributed by atoms with E-state index in [1.54, 1.807) is 42.6 Å². The molecule has 0 bridgehead atoms. The highest BCUT2D eigenvalue weighted by molar-refractivity contribution is 6.15. The first kappa shape index (κ1) is 17.3. The van der Waals surface area contributed by atoms with Gasteiger partial charge in [-0.25, -0.2) is 4.79 Å². The summed E-state index contributed by atoms with van der Waals surface area (Å²) in [7, 11) is 1.16. The molecule has 0 aliphatic rings. The Balaban J connectivity index is 1.87. The van der Waals surface area contributed by atoms with Crippen LogP contribution >= 0.6 is 0 Å². The van der Waals surface area contributed by atoms with Crippen molar-refractivity contribution in [3.8, 4) is 0 Å². The largest absolute Gasteiger partial charge is 0.467 e. The average Bonchev–Trinajstić information content (AvgIpc) is 3.08. The number of rotatable bonds is 5. The van der Waals surface area contributed by atoms with Gasteiger partial charge in [-0.1, -0.05) is 30.3 Å². The third kappa shape index (κ3) is 3.46. The fourth-order valence-electron chi connectivity index (χ4n) is 2.59. The highest BCUT2D eigenvalue weighted by atomic mass is 16.5.